The number of benzene rings is 2. The lowest BCUT2D eigenvalue weighted by atomic mass is 9.77. The SMILES string of the molecule is CC(=O)N1c2ccccc2C(NC(=O)OCc2ccccc2)[C@@H](C)[C@@H]1C(C)C. The third-order valence-corrected chi connectivity index (χ3v) is 5.40. The number of anilines is 1. The van der Waals surface area contributed by atoms with Gasteiger partial charge in [-0.15, -0.1) is 0 Å². The highest BCUT2D eigenvalue weighted by molar-refractivity contribution is 5.94. The summed E-state index contributed by atoms with van der Waals surface area (Å²) >= 11 is 0. The van der Waals surface area contributed by atoms with Crippen LogP contribution in [0.3, 0.4) is 0 Å². The Morgan fingerprint density at radius 3 is 2.36 bits per heavy atom. The average Bonchev–Trinajstić information content (AvgIpc) is 2.68. The van der Waals surface area contributed by atoms with Crippen LogP contribution in [-0.2, 0) is 16.1 Å². The Morgan fingerprint density at radius 2 is 1.71 bits per heavy atom. The summed E-state index contributed by atoms with van der Waals surface area (Å²) in [6.45, 7) is 8.12. The van der Waals surface area contributed by atoms with E-state index < -0.39 is 6.09 Å². The topological polar surface area (TPSA) is 58.6 Å². The molecule has 0 radical (unpaired) electrons. The molecule has 148 valence electrons. The number of nitrogens with one attached hydrogen (secondary N) is 1. The molecule has 3 atom stereocenters. The molecule has 0 spiro atoms. The Kier molecular flexibility index (Phi) is 6.02. The molecule has 5 nitrogen and oxygen atoms in total. The van der Waals surface area contributed by atoms with Crippen LogP contribution in [0.2, 0.25) is 0 Å². The van der Waals surface area contributed by atoms with Crippen LogP contribution in [0, 0.1) is 11.8 Å². The van der Waals surface area contributed by atoms with Gasteiger partial charge in [-0.3, -0.25) is 4.79 Å². The van der Waals surface area contributed by atoms with Crippen molar-refractivity contribution in [2.45, 2.75) is 46.4 Å². The van der Waals surface area contributed by atoms with E-state index in [1.165, 1.54) is 0 Å². The molecule has 0 aliphatic carbocycles. The van der Waals surface area contributed by atoms with Gasteiger partial charge < -0.3 is 15.0 Å². The minimum absolute atomic E-state index is 0.00757. The molecule has 0 saturated carbocycles. The Balaban J connectivity index is 1.83. The van der Waals surface area contributed by atoms with Crippen LogP contribution in [0.15, 0.2) is 54.6 Å². The van der Waals surface area contributed by atoms with E-state index in [1.807, 2.05) is 59.5 Å². The van der Waals surface area contributed by atoms with Gasteiger partial charge in [0.2, 0.25) is 5.91 Å². The minimum Gasteiger partial charge on any atom is -0.445 e. The first-order chi connectivity index (χ1) is 13.4. The highest BCUT2D eigenvalue weighted by atomic mass is 16.5. The maximum atomic E-state index is 12.5. The van der Waals surface area contributed by atoms with Gasteiger partial charge in [0, 0.05) is 24.6 Å². The summed E-state index contributed by atoms with van der Waals surface area (Å²) in [5.74, 6) is 0.308. The smallest absolute Gasteiger partial charge is 0.407 e. The normalized spacial score (nSPS) is 21.2. The summed E-state index contributed by atoms with van der Waals surface area (Å²) in [5, 5.41) is 3.04. The monoisotopic (exact) mass is 380 g/mol. The van der Waals surface area contributed by atoms with Gasteiger partial charge in [-0.1, -0.05) is 69.3 Å². The quantitative estimate of drug-likeness (QED) is 0.838. The maximum absolute atomic E-state index is 12.5. The van der Waals surface area contributed by atoms with Crippen molar-refractivity contribution in [3.8, 4) is 0 Å². The second kappa shape index (κ2) is 8.46. The van der Waals surface area contributed by atoms with Gasteiger partial charge in [0.25, 0.3) is 0 Å². The molecule has 0 saturated heterocycles. The zero-order valence-corrected chi connectivity index (χ0v) is 16.9. The lowest BCUT2D eigenvalue weighted by molar-refractivity contribution is -0.117. The van der Waals surface area contributed by atoms with Crippen LogP contribution in [-0.4, -0.2) is 18.0 Å². The second-order valence-electron chi connectivity index (χ2n) is 7.73. The number of nitrogens with zero attached hydrogens (tertiary/aromatic N) is 1. The Morgan fingerprint density at radius 1 is 1.07 bits per heavy atom. The van der Waals surface area contributed by atoms with Crippen LogP contribution in [0.4, 0.5) is 10.5 Å². The van der Waals surface area contributed by atoms with E-state index in [1.54, 1.807) is 6.92 Å². The molecule has 1 aliphatic heterocycles. The summed E-state index contributed by atoms with van der Waals surface area (Å²) in [6, 6.07) is 17.2. The largest absolute Gasteiger partial charge is 0.445 e. The summed E-state index contributed by atoms with van der Waals surface area (Å²) in [4.78, 5) is 26.8. The molecule has 1 unspecified atom stereocenters. The lowest BCUT2D eigenvalue weighted by Gasteiger charge is -2.46. The van der Waals surface area contributed by atoms with Crippen molar-refractivity contribution in [2.75, 3.05) is 4.90 Å². The van der Waals surface area contributed by atoms with Crippen molar-refractivity contribution < 1.29 is 14.3 Å². The highest BCUT2D eigenvalue weighted by Crippen LogP contribution is 2.43. The van der Waals surface area contributed by atoms with E-state index in [0.717, 1.165) is 16.8 Å². The fourth-order valence-corrected chi connectivity index (χ4v) is 4.23. The maximum Gasteiger partial charge on any atom is 0.407 e. The number of hydrogen-bond acceptors (Lipinski definition) is 3. The van der Waals surface area contributed by atoms with Crippen molar-refractivity contribution in [1.29, 1.82) is 0 Å². The first kappa shape index (κ1) is 19.9. The Bertz CT molecular complexity index is 835. The molecule has 1 N–H and O–H groups in total. The number of alkyl carbamates (subject to hydrolysis) is 1. The number of carbonyl (C=O) groups is 2. The summed E-state index contributed by atoms with van der Waals surface area (Å²) in [5.41, 5.74) is 2.75. The first-order valence-corrected chi connectivity index (χ1v) is 9.76. The molecular weight excluding hydrogens is 352 g/mol. The van der Waals surface area contributed by atoms with E-state index in [-0.39, 0.29) is 36.4 Å². The van der Waals surface area contributed by atoms with Crippen LogP contribution in [0.25, 0.3) is 0 Å². The fraction of sp³-hybridized carbons (Fsp3) is 0.391. The zero-order valence-electron chi connectivity index (χ0n) is 16.9. The van der Waals surface area contributed by atoms with Gasteiger partial charge in [0.05, 0.1) is 6.04 Å². The van der Waals surface area contributed by atoms with E-state index in [4.69, 9.17) is 4.74 Å². The number of carbonyl (C=O) groups excluding carboxylic acids is 2. The predicted octanol–water partition coefficient (Wildman–Crippen LogP) is 4.68. The fourth-order valence-electron chi connectivity index (χ4n) is 4.23. The number of rotatable bonds is 4. The third kappa shape index (κ3) is 4.03. The van der Waals surface area contributed by atoms with Gasteiger partial charge in [-0.2, -0.15) is 0 Å². The van der Waals surface area contributed by atoms with E-state index in [2.05, 4.69) is 26.1 Å². The van der Waals surface area contributed by atoms with Crippen LogP contribution in [0.1, 0.15) is 44.9 Å². The number of hydrogen-bond donors (Lipinski definition) is 1. The van der Waals surface area contributed by atoms with E-state index >= 15 is 0 Å². The number of ether oxygens (including phenoxy) is 1. The van der Waals surface area contributed by atoms with Gasteiger partial charge in [0.1, 0.15) is 6.61 Å². The molecular formula is C23H28N2O3. The standard InChI is InChI=1S/C23H28N2O3/c1-15(2)22-16(3)21(19-12-8-9-13-20(19)25(22)17(4)26)24-23(27)28-14-18-10-6-5-7-11-18/h5-13,15-16,21-22H,14H2,1-4H3,(H,24,27)/t16-,21?,22+/m1/s1. The molecule has 3 rings (SSSR count). The number of fused-ring (bicyclic) bond motifs is 1. The second-order valence-corrected chi connectivity index (χ2v) is 7.73. The summed E-state index contributed by atoms with van der Waals surface area (Å²) in [6.07, 6.45) is -0.450. The van der Waals surface area contributed by atoms with Crippen molar-refractivity contribution in [1.82, 2.24) is 5.32 Å². The van der Waals surface area contributed by atoms with Crippen LogP contribution < -0.4 is 10.2 Å². The Labute approximate surface area is 166 Å². The van der Waals surface area contributed by atoms with Crippen LogP contribution >= 0.6 is 0 Å². The van der Waals surface area contributed by atoms with Gasteiger partial charge >= 0.3 is 6.09 Å². The number of para-hydroxylation sites is 1. The Hall–Kier alpha value is -2.82. The predicted molar refractivity (Wildman–Crippen MR) is 110 cm³/mol. The zero-order chi connectivity index (χ0) is 20.3. The van der Waals surface area contributed by atoms with Crippen molar-refractivity contribution in [2.24, 2.45) is 11.8 Å². The van der Waals surface area contributed by atoms with Crippen LogP contribution in [0.5, 0.6) is 0 Å². The molecule has 5 heteroatoms. The minimum atomic E-state index is -0.450. The first-order valence-electron chi connectivity index (χ1n) is 9.76. The van der Waals surface area contributed by atoms with E-state index in [0.29, 0.717) is 0 Å². The summed E-state index contributed by atoms with van der Waals surface area (Å²) < 4.78 is 5.43. The molecule has 28 heavy (non-hydrogen) atoms. The highest BCUT2D eigenvalue weighted by Gasteiger charge is 2.42. The lowest BCUT2D eigenvalue weighted by Crippen LogP contribution is -2.54. The molecule has 0 bridgehead atoms. The van der Waals surface area contributed by atoms with Gasteiger partial charge in [0.15, 0.2) is 0 Å². The molecule has 0 aromatic heterocycles. The van der Waals surface area contributed by atoms with Gasteiger partial charge in [-0.25, -0.2) is 4.79 Å². The molecule has 1 aliphatic rings. The molecule has 2 aromatic rings. The molecule has 0 fully saturated rings. The van der Waals surface area contributed by atoms with Gasteiger partial charge in [-0.05, 0) is 23.1 Å². The summed E-state index contributed by atoms with van der Waals surface area (Å²) in [7, 11) is 0. The molecule has 1 heterocycles. The average molecular weight is 380 g/mol. The molecule has 2 amide bonds. The van der Waals surface area contributed by atoms with Crippen molar-refractivity contribution in [3.05, 3.63) is 65.7 Å². The van der Waals surface area contributed by atoms with E-state index in [9.17, 15) is 9.59 Å². The van der Waals surface area contributed by atoms with Crippen molar-refractivity contribution >= 4 is 17.7 Å². The van der Waals surface area contributed by atoms with Crippen molar-refractivity contribution in [3.63, 3.8) is 0 Å². The molecule has 2 aromatic carbocycles. The number of amides is 2. The third-order valence-electron chi connectivity index (χ3n) is 5.40.